The molecule has 0 radical (unpaired) electrons. The Labute approximate surface area is 143 Å². The van der Waals surface area contributed by atoms with Gasteiger partial charge in [-0.05, 0) is 55.9 Å². The Morgan fingerprint density at radius 3 is 2.58 bits per heavy atom. The van der Waals surface area contributed by atoms with E-state index < -0.39 is 0 Å². The summed E-state index contributed by atoms with van der Waals surface area (Å²) in [6.45, 7) is 5.16. The van der Waals surface area contributed by atoms with Crippen LogP contribution in [-0.4, -0.2) is 49.1 Å². The Morgan fingerprint density at radius 1 is 1.17 bits per heavy atom. The van der Waals surface area contributed by atoms with Crippen LogP contribution in [0.25, 0.3) is 0 Å². The van der Waals surface area contributed by atoms with Gasteiger partial charge in [0.15, 0.2) is 0 Å². The lowest BCUT2D eigenvalue weighted by atomic mass is 9.99. The number of carbonyl (C=O) groups excluding carboxylic acids is 2. The van der Waals surface area contributed by atoms with Crippen LogP contribution in [0.4, 0.5) is 0 Å². The van der Waals surface area contributed by atoms with Crippen LogP contribution in [0, 0.1) is 5.92 Å². The number of likely N-dealkylation sites (tertiary alicyclic amines) is 1. The Balaban J connectivity index is 1.55. The van der Waals surface area contributed by atoms with E-state index in [0.717, 1.165) is 39.0 Å². The predicted octanol–water partition coefficient (Wildman–Crippen LogP) is 2.47. The first-order valence-electron chi connectivity index (χ1n) is 8.92. The van der Waals surface area contributed by atoms with Crippen molar-refractivity contribution in [2.24, 2.45) is 5.92 Å². The van der Waals surface area contributed by atoms with E-state index >= 15 is 0 Å². The van der Waals surface area contributed by atoms with Crippen molar-refractivity contribution >= 4 is 11.8 Å². The van der Waals surface area contributed by atoms with Crippen molar-refractivity contribution in [3.05, 3.63) is 35.4 Å². The van der Waals surface area contributed by atoms with Crippen molar-refractivity contribution in [1.82, 2.24) is 10.2 Å². The average molecular weight is 330 g/mol. The fourth-order valence-electron chi connectivity index (χ4n) is 3.43. The van der Waals surface area contributed by atoms with Crippen LogP contribution >= 0.6 is 0 Å². The number of rotatable bonds is 4. The van der Waals surface area contributed by atoms with E-state index in [1.54, 1.807) is 24.3 Å². The number of ether oxygens (including phenoxy) is 1. The molecule has 2 aliphatic rings. The van der Waals surface area contributed by atoms with Crippen LogP contribution in [0.2, 0.25) is 0 Å². The molecule has 0 saturated carbocycles. The molecule has 0 bridgehead atoms. The fraction of sp³-hybridized carbons (Fsp3) is 0.579. The van der Waals surface area contributed by atoms with Crippen LogP contribution in [0.1, 0.15) is 53.3 Å². The summed E-state index contributed by atoms with van der Waals surface area (Å²) in [5, 5.41) is 2.90. The van der Waals surface area contributed by atoms with Gasteiger partial charge in [0.05, 0.1) is 6.10 Å². The third kappa shape index (κ3) is 4.15. The van der Waals surface area contributed by atoms with Crippen molar-refractivity contribution < 1.29 is 14.3 Å². The number of piperidine rings is 1. The summed E-state index contributed by atoms with van der Waals surface area (Å²) in [5.74, 6) is 0.509. The zero-order valence-corrected chi connectivity index (χ0v) is 14.3. The van der Waals surface area contributed by atoms with Gasteiger partial charge in [-0.2, -0.15) is 0 Å². The maximum absolute atomic E-state index is 12.5. The molecule has 5 nitrogen and oxygen atoms in total. The minimum atomic E-state index is -0.115. The van der Waals surface area contributed by atoms with Crippen LogP contribution < -0.4 is 5.32 Å². The van der Waals surface area contributed by atoms with Gasteiger partial charge in [0.25, 0.3) is 11.8 Å². The van der Waals surface area contributed by atoms with Crippen LogP contribution in [0.15, 0.2) is 24.3 Å². The second-order valence-electron chi connectivity index (χ2n) is 6.92. The van der Waals surface area contributed by atoms with Crippen molar-refractivity contribution in [3.8, 4) is 0 Å². The molecule has 0 aliphatic carbocycles. The van der Waals surface area contributed by atoms with Gasteiger partial charge in [0.2, 0.25) is 0 Å². The number of carbonyl (C=O) groups is 2. The highest BCUT2D eigenvalue weighted by molar-refractivity contribution is 5.97. The Kier molecular flexibility index (Phi) is 5.51. The lowest BCUT2D eigenvalue weighted by Crippen LogP contribution is -2.39. The molecule has 130 valence electrons. The SMILES string of the molecule is CC1CCCN(C(=O)c2ccc(C(=O)NCC3CCCO3)cc2)C1. The van der Waals surface area contributed by atoms with Crippen LogP contribution in [0.3, 0.4) is 0 Å². The lowest BCUT2D eigenvalue weighted by molar-refractivity contribution is 0.0682. The van der Waals surface area contributed by atoms with Gasteiger partial charge in [-0.25, -0.2) is 0 Å². The predicted molar refractivity (Wildman–Crippen MR) is 92.1 cm³/mol. The van der Waals surface area contributed by atoms with Gasteiger partial charge in [0, 0.05) is 37.4 Å². The van der Waals surface area contributed by atoms with E-state index in [1.807, 2.05) is 4.90 Å². The standard InChI is InChI=1S/C19H26N2O3/c1-14-4-2-10-21(13-14)19(23)16-8-6-15(7-9-16)18(22)20-12-17-5-3-11-24-17/h6-9,14,17H,2-5,10-13H2,1H3,(H,20,22). The monoisotopic (exact) mass is 330 g/mol. The molecule has 2 heterocycles. The van der Waals surface area contributed by atoms with E-state index in [0.29, 0.717) is 23.6 Å². The molecule has 24 heavy (non-hydrogen) atoms. The number of hydrogen-bond acceptors (Lipinski definition) is 3. The number of amides is 2. The first kappa shape index (κ1) is 17.0. The van der Waals surface area contributed by atoms with Gasteiger partial charge >= 0.3 is 0 Å². The zero-order chi connectivity index (χ0) is 16.9. The molecule has 3 rings (SSSR count). The van der Waals surface area contributed by atoms with Gasteiger partial charge in [0.1, 0.15) is 0 Å². The van der Waals surface area contributed by atoms with Crippen LogP contribution in [0.5, 0.6) is 0 Å². The van der Waals surface area contributed by atoms with Crippen molar-refractivity contribution in [2.45, 2.75) is 38.7 Å². The number of hydrogen-bond donors (Lipinski definition) is 1. The van der Waals surface area contributed by atoms with E-state index in [-0.39, 0.29) is 17.9 Å². The second kappa shape index (κ2) is 7.79. The smallest absolute Gasteiger partial charge is 0.253 e. The highest BCUT2D eigenvalue weighted by atomic mass is 16.5. The molecule has 0 aromatic heterocycles. The number of benzene rings is 1. The van der Waals surface area contributed by atoms with Crippen molar-refractivity contribution in [1.29, 1.82) is 0 Å². The van der Waals surface area contributed by atoms with Gasteiger partial charge < -0.3 is 15.0 Å². The summed E-state index contributed by atoms with van der Waals surface area (Å²) in [6.07, 6.45) is 4.45. The van der Waals surface area contributed by atoms with E-state index in [1.165, 1.54) is 6.42 Å². The molecule has 1 N–H and O–H groups in total. The summed E-state index contributed by atoms with van der Waals surface area (Å²) in [5.41, 5.74) is 1.23. The van der Waals surface area contributed by atoms with Crippen LogP contribution in [-0.2, 0) is 4.74 Å². The highest BCUT2D eigenvalue weighted by Gasteiger charge is 2.22. The molecular formula is C19H26N2O3. The lowest BCUT2D eigenvalue weighted by Gasteiger charge is -2.31. The first-order chi connectivity index (χ1) is 11.6. The molecule has 1 aromatic rings. The molecule has 2 saturated heterocycles. The quantitative estimate of drug-likeness (QED) is 0.922. The summed E-state index contributed by atoms with van der Waals surface area (Å²) >= 11 is 0. The molecular weight excluding hydrogens is 304 g/mol. The maximum Gasteiger partial charge on any atom is 0.253 e. The largest absolute Gasteiger partial charge is 0.376 e. The minimum absolute atomic E-state index is 0.0628. The minimum Gasteiger partial charge on any atom is -0.376 e. The molecule has 1 aromatic carbocycles. The van der Waals surface area contributed by atoms with Gasteiger partial charge in [-0.15, -0.1) is 0 Å². The normalized spacial score (nSPS) is 24.0. The molecule has 5 heteroatoms. The van der Waals surface area contributed by atoms with Crippen molar-refractivity contribution in [2.75, 3.05) is 26.2 Å². The molecule has 2 fully saturated rings. The topological polar surface area (TPSA) is 58.6 Å². The van der Waals surface area contributed by atoms with Crippen molar-refractivity contribution in [3.63, 3.8) is 0 Å². The Morgan fingerprint density at radius 2 is 1.92 bits per heavy atom. The zero-order valence-electron chi connectivity index (χ0n) is 14.3. The first-order valence-corrected chi connectivity index (χ1v) is 8.92. The highest BCUT2D eigenvalue weighted by Crippen LogP contribution is 2.18. The van der Waals surface area contributed by atoms with E-state index in [4.69, 9.17) is 4.74 Å². The summed E-state index contributed by atoms with van der Waals surface area (Å²) < 4.78 is 5.50. The van der Waals surface area contributed by atoms with E-state index in [2.05, 4.69) is 12.2 Å². The number of nitrogens with zero attached hydrogens (tertiary/aromatic N) is 1. The second-order valence-corrected chi connectivity index (χ2v) is 6.92. The third-order valence-corrected chi connectivity index (χ3v) is 4.85. The summed E-state index contributed by atoms with van der Waals surface area (Å²) in [7, 11) is 0. The van der Waals surface area contributed by atoms with E-state index in [9.17, 15) is 9.59 Å². The molecule has 0 spiro atoms. The maximum atomic E-state index is 12.5. The molecule has 2 aliphatic heterocycles. The van der Waals surface area contributed by atoms with Gasteiger partial charge in [-0.1, -0.05) is 6.92 Å². The third-order valence-electron chi connectivity index (χ3n) is 4.85. The molecule has 2 atom stereocenters. The summed E-state index contributed by atoms with van der Waals surface area (Å²) in [4.78, 5) is 26.6. The Hall–Kier alpha value is -1.88. The summed E-state index contributed by atoms with van der Waals surface area (Å²) in [6, 6.07) is 6.96. The number of nitrogens with one attached hydrogen (secondary N) is 1. The fourth-order valence-corrected chi connectivity index (χ4v) is 3.43. The van der Waals surface area contributed by atoms with Gasteiger partial charge in [-0.3, -0.25) is 9.59 Å². The average Bonchev–Trinajstić information content (AvgIpc) is 3.13. The Bertz CT molecular complexity index is 579. The molecule has 2 amide bonds. The molecule has 2 unspecified atom stereocenters.